The van der Waals surface area contributed by atoms with E-state index >= 15 is 0 Å². The lowest BCUT2D eigenvalue weighted by molar-refractivity contribution is -0.147. The van der Waals surface area contributed by atoms with E-state index in [9.17, 15) is 9.59 Å². The molecule has 1 aliphatic heterocycles. The molecule has 3 aromatic carbocycles. The number of fused-ring (bicyclic) bond motifs is 1. The number of carbonyl (C=O) groups excluding carboxylic acids is 2. The third-order valence-electron chi connectivity index (χ3n) is 5.33. The van der Waals surface area contributed by atoms with E-state index in [-0.39, 0.29) is 13.2 Å². The van der Waals surface area contributed by atoms with Crippen LogP contribution in [-0.2, 0) is 38.8 Å². The number of ether oxygens (including phenoxy) is 4. The smallest absolute Gasteiger partial charge is 0.408 e. The molecule has 7 nitrogen and oxygen atoms in total. The zero-order chi connectivity index (χ0) is 23.0. The summed E-state index contributed by atoms with van der Waals surface area (Å²) in [6.07, 6.45) is -1.42. The van der Waals surface area contributed by atoms with Crippen LogP contribution >= 0.6 is 0 Å². The van der Waals surface area contributed by atoms with E-state index in [1.807, 2.05) is 78.9 Å². The van der Waals surface area contributed by atoms with Crippen LogP contribution in [0.15, 0.2) is 78.9 Å². The summed E-state index contributed by atoms with van der Waals surface area (Å²) in [5.41, 5.74) is 3.59. The lowest BCUT2D eigenvalue weighted by Gasteiger charge is -2.22. The van der Waals surface area contributed by atoms with Crippen LogP contribution in [0, 0.1) is 0 Å². The molecule has 170 valence electrons. The van der Waals surface area contributed by atoms with E-state index in [0.29, 0.717) is 12.4 Å². The molecule has 3 aromatic rings. The standard InChI is InChI=1S/C26H25NO6/c1-30-25(28)23(27-26(29)33-16-19-10-6-3-7-11-19)24-22-13-12-21(14-20(22)17-32-24)31-15-18-8-4-2-5-9-18/h2-14,23-24H,15-17H2,1H3,(H,27,29). The Bertz CT molecular complexity index is 1090. The number of rotatable bonds is 8. The van der Waals surface area contributed by atoms with E-state index in [1.54, 1.807) is 0 Å². The summed E-state index contributed by atoms with van der Waals surface area (Å²) in [4.78, 5) is 24.8. The molecule has 33 heavy (non-hydrogen) atoms. The molecule has 0 radical (unpaired) electrons. The number of esters is 1. The zero-order valence-corrected chi connectivity index (χ0v) is 18.2. The Morgan fingerprint density at radius 3 is 2.30 bits per heavy atom. The van der Waals surface area contributed by atoms with Crippen molar-refractivity contribution in [2.24, 2.45) is 0 Å². The van der Waals surface area contributed by atoms with Crippen LogP contribution in [0.2, 0.25) is 0 Å². The molecule has 1 N–H and O–H groups in total. The molecule has 1 heterocycles. The monoisotopic (exact) mass is 447 g/mol. The van der Waals surface area contributed by atoms with E-state index in [1.165, 1.54) is 7.11 Å². The molecule has 0 saturated heterocycles. The first-order chi connectivity index (χ1) is 16.1. The first kappa shape index (κ1) is 22.4. The maximum absolute atomic E-state index is 12.4. The highest BCUT2D eigenvalue weighted by Crippen LogP contribution is 2.36. The Balaban J connectivity index is 1.41. The largest absolute Gasteiger partial charge is 0.489 e. The van der Waals surface area contributed by atoms with Gasteiger partial charge in [-0.15, -0.1) is 0 Å². The molecule has 0 saturated carbocycles. The summed E-state index contributed by atoms with van der Waals surface area (Å²) >= 11 is 0. The van der Waals surface area contributed by atoms with Gasteiger partial charge in [0, 0.05) is 0 Å². The average Bonchev–Trinajstić information content (AvgIpc) is 3.28. The number of hydrogen-bond acceptors (Lipinski definition) is 6. The number of alkyl carbamates (subject to hydrolysis) is 1. The number of hydrogen-bond donors (Lipinski definition) is 1. The number of amides is 1. The Morgan fingerprint density at radius 2 is 1.64 bits per heavy atom. The van der Waals surface area contributed by atoms with Crippen LogP contribution in [0.25, 0.3) is 0 Å². The fraction of sp³-hybridized carbons (Fsp3) is 0.231. The number of nitrogens with one attached hydrogen (secondary N) is 1. The van der Waals surface area contributed by atoms with E-state index in [2.05, 4.69) is 5.32 Å². The molecule has 0 aromatic heterocycles. The fourth-order valence-electron chi connectivity index (χ4n) is 3.64. The minimum atomic E-state index is -1.05. The highest BCUT2D eigenvalue weighted by atomic mass is 16.6. The second-order valence-corrected chi connectivity index (χ2v) is 7.57. The van der Waals surface area contributed by atoms with Crippen molar-refractivity contribution in [1.82, 2.24) is 5.32 Å². The van der Waals surface area contributed by atoms with Crippen molar-refractivity contribution in [2.45, 2.75) is 32.0 Å². The normalized spacial score (nSPS) is 15.2. The molecular weight excluding hydrogens is 422 g/mol. The molecule has 0 fully saturated rings. The molecule has 0 bridgehead atoms. The number of methoxy groups -OCH3 is 1. The minimum Gasteiger partial charge on any atom is -0.489 e. The first-order valence-corrected chi connectivity index (χ1v) is 10.6. The lowest BCUT2D eigenvalue weighted by atomic mass is 9.99. The van der Waals surface area contributed by atoms with Crippen LogP contribution in [0.1, 0.15) is 28.4 Å². The van der Waals surface area contributed by atoms with Gasteiger partial charge in [-0.25, -0.2) is 9.59 Å². The predicted molar refractivity (Wildman–Crippen MR) is 120 cm³/mol. The second-order valence-electron chi connectivity index (χ2n) is 7.57. The zero-order valence-electron chi connectivity index (χ0n) is 18.2. The average molecular weight is 447 g/mol. The van der Waals surface area contributed by atoms with Gasteiger partial charge in [0.1, 0.15) is 25.1 Å². The highest BCUT2D eigenvalue weighted by molar-refractivity contribution is 5.82. The summed E-state index contributed by atoms with van der Waals surface area (Å²) in [5, 5.41) is 2.59. The first-order valence-electron chi connectivity index (χ1n) is 10.6. The van der Waals surface area contributed by atoms with Gasteiger partial charge in [-0.05, 0) is 34.4 Å². The topological polar surface area (TPSA) is 83.1 Å². The van der Waals surface area contributed by atoms with E-state index < -0.39 is 24.2 Å². The quantitative estimate of drug-likeness (QED) is 0.519. The van der Waals surface area contributed by atoms with Crippen molar-refractivity contribution < 1.29 is 28.5 Å². The fourth-order valence-corrected chi connectivity index (χ4v) is 3.64. The van der Waals surface area contributed by atoms with Crippen molar-refractivity contribution in [2.75, 3.05) is 7.11 Å². The Labute approximate surface area is 192 Å². The predicted octanol–water partition coefficient (Wildman–Crippen LogP) is 4.30. The molecule has 7 heteroatoms. The van der Waals surface area contributed by atoms with Crippen molar-refractivity contribution in [3.05, 3.63) is 101 Å². The SMILES string of the molecule is COC(=O)C(NC(=O)OCc1ccccc1)C1OCc2cc(OCc3ccccc3)ccc21. The highest BCUT2D eigenvalue weighted by Gasteiger charge is 2.38. The maximum Gasteiger partial charge on any atom is 0.408 e. The van der Waals surface area contributed by atoms with Gasteiger partial charge >= 0.3 is 12.1 Å². The molecule has 1 amide bonds. The maximum atomic E-state index is 12.4. The molecule has 0 aliphatic carbocycles. The van der Waals surface area contributed by atoms with Gasteiger partial charge in [0.25, 0.3) is 0 Å². The van der Waals surface area contributed by atoms with Crippen molar-refractivity contribution in [3.8, 4) is 5.75 Å². The van der Waals surface area contributed by atoms with Gasteiger partial charge < -0.3 is 24.3 Å². The molecule has 2 atom stereocenters. The summed E-state index contributed by atoms with van der Waals surface area (Å²) in [6.45, 7) is 0.824. The van der Waals surface area contributed by atoms with Gasteiger partial charge in [0.2, 0.25) is 0 Å². The summed E-state index contributed by atoms with van der Waals surface area (Å²) in [7, 11) is 1.27. The summed E-state index contributed by atoms with van der Waals surface area (Å²) in [6, 6.07) is 23.7. The van der Waals surface area contributed by atoms with Gasteiger partial charge in [-0.3, -0.25) is 0 Å². The number of carbonyl (C=O) groups is 2. The van der Waals surface area contributed by atoms with Crippen LogP contribution in [0.3, 0.4) is 0 Å². The molecule has 0 spiro atoms. The molecule has 1 aliphatic rings. The number of benzene rings is 3. The second kappa shape index (κ2) is 10.7. The van der Waals surface area contributed by atoms with Crippen molar-refractivity contribution in [3.63, 3.8) is 0 Å². The van der Waals surface area contributed by atoms with Gasteiger partial charge in [-0.2, -0.15) is 0 Å². The Kier molecular flexibility index (Phi) is 7.22. The van der Waals surface area contributed by atoms with Gasteiger partial charge in [0.05, 0.1) is 13.7 Å². The molecule has 4 rings (SSSR count). The molecular formula is C26H25NO6. The van der Waals surface area contributed by atoms with Crippen molar-refractivity contribution >= 4 is 12.1 Å². The van der Waals surface area contributed by atoms with Crippen LogP contribution in [0.4, 0.5) is 4.79 Å². The third-order valence-corrected chi connectivity index (χ3v) is 5.33. The Hall–Kier alpha value is -3.84. The van der Waals surface area contributed by atoms with Crippen LogP contribution in [0.5, 0.6) is 5.75 Å². The summed E-state index contributed by atoms with van der Waals surface area (Å²) < 4.78 is 21.9. The van der Waals surface area contributed by atoms with Crippen LogP contribution < -0.4 is 10.1 Å². The van der Waals surface area contributed by atoms with E-state index in [0.717, 1.165) is 22.3 Å². The lowest BCUT2D eigenvalue weighted by Crippen LogP contribution is -2.45. The van der Waals surface area contributed by atoms with E-state index in [4.69, 9.17) is 18.9 Å². The van der Waals surface area contributed by atoms with Crippen molar-refractivity contribution in [1.29, 1.82) is 0 Å². The molecule has 2 unspecified atom stereocenters. The van der Waals surface area contributed by atoms with Gasteiger partial charge in [-0.1, -0.05) is 66.7 Å². The minimum absolute atomic E-state index is 0.0881. The Morgan fingerprint density at radius 1 is 0.970 bits per heavy atom. The van der Waals surface area contributed by atoms with Crippen LogP contribution in [-0.4, -0.2) is 25.2 Å². The van der Waals surface area contributed by atoms with Gasteiger partial charge in [0.15, 0.2) is 6.04 Å². The summed E-state index contributed by atoms with van der Waals surface area (Å²) in [5.74, 6) is 0.0839. The third kappa shape index (κ3) is 5.70.